The van der Waals surface area contributed by atoms with Crippen LogP contribution < -0.4 is 5.32 Å². The van der Waals surface area contributed by atoms with Crippen molar-refractivity contribution >= 4 is 22.4 Å². The summed E-state index contributed by atoms with van der Waals surface area (Å²) in [5.74, 6) is -0.984. The number of nitrogens with zero attached hydrogens (tertiary/aromatic N) is 2. The number of likely N-dealkylation sites (tertiary alicyclic amines) is 1. The molecule has 0 bridgehead atoms. The predicted octanol–water partition coefficient (Wildman–Crippen LogP) is 3.52. The molecule has 0 aliphatic carbocycles. The topological polar surface area (TPSA) is 45.2 Å². The molecule has 1 aromatic carbocycles. The molecule has 1 amide bonds. The lowest BCUT2D eigenvalue weighted by Gasteiger charge is -2.25. The zero-order valence-corrected chi connectivity index (χ0v) is 13.0. The van der Waals surface area contributed by atoms with E-state index in [-0.39, 0.29) is 5.56 Å². The largest absolute Gasteiger partial charge is 0.298 e. The van der Waals surface area contributed by atoms with Gasteiger partial charge in [0, 0.05) is 11.9 Å². The number of nitrogens with one attached hydrogen (secondary N) is 1. The van der Waals surface area contributed by atoms with Gasteiger partial charge in [0.25, 0.3) is 5.91 Å². The van der Waals surface area contributed by atoms with Crippen LogP contribution in [0.2, 0.25) is 0 Å². The third kappa shape index (κ3) is 3.69. The molecule has 1 aliphatic heterocycles. The number of halogens is 1. The van der Waals surface area contributed by atoms with Crippen molar-refractivity contribution in [3.8, 4) is 0 Å². The van der Waals surface area contributed by atoms with Gasteiger partial charge in [0.1, 0.15) is 5.82 Å². The number of thiazole rings is 1. The van der Waals surface area contributed by atoms with Gasteiger partial charge in [-0.15, -0.1) is 11.3 Å². The minimum absolute atomic E-state index is 0.0373. The van der Waals surface area contributed by atoms with Gasteiger partial charge in [-0.05, 0) is 38.1 Å². The zero-order chi connectivity index (χ0) is 15.4. The van der Waals surface area contributed by atoms with Crippen LogP contribution in [0.4, 0.5) is 9.52 Å². The van der Waals surface area contributed by atoms with Gasteiger partial charge < -0.3 is 0 Å². The molecule has 0 saturated carbocycles. The molecule has 6 heteroatoms. The monoisotopic (exact) mass is 319 g/mol. The fourth-order valence-corrected chi connectivity index (χ4v) is 3.29. The molecular formula is C16H18FN3OS. The summed E-state index contributed by atoms with van der Waals surface area (Å²) >= 11 is 1.37. The van der Waals surface area contributed by atoms with E-state index in [2.05, 4.69) is 15.2 Å². The first-order valence-corrected chi connectivity index (χ1v) is 8.33. The molecule has 0 spiro atoms. The minimum Gasteiger partial charge on any atom is -0.298 e. The second-order valence-electron chi connectivity index (χ2n) is 5.41. The van der Waals surface area contributed by atoms with Crippen LogP contribution in [0.25, 0.3) is 0 Å². The third-order valence-electron chi connectivity index (χ3n) is 3.72. The van der Waals surface area contributed by atoms with E-state index in [0.717, 1.165) is 25.3 Å². The van der Waals surface area contributed by atoms with E-state index in [1.54, 1.807) is 12.1 Å². The first-order chi connectivity index (χ1) is 10.7. The van der Waals surface area contributed by atoms with Crippen molar-refractivity contribution in [2.75, 3.05) is 18.4 Å². The molecule has 1 aliphatic rings. The summed E-state index contributed by atoms with van der Waals surface area (Å²) in [6.45, 7) is 3.02. The lowest BCUT2D eigenvalue weighted by atomic mass is 10.1. The Balaban J connectivity index is 1.61. The number of carbonyl (C=O) groups is 1. The minimum atomic E-state index is -0.523. The Morgan fingerprint density at radius 3 is 2.82 bits per heavy atom. The number of piperidine rings is 1. The maximum absolute atomic E-state index is 13.6. The fourth-order valence-electron chi connectivity index (χ4n) is 2.59. The van der Waals surface area contributed by atoms with Crippen LogP contribution in [0.1, 0.15) is 35.3 Å². The number of benzene rings is 1. The molecule has 4 nitrogen and oxygen atoms in total. The van der Waals surface area contributed by atoms with Crippen LogP contribution in [0.15, 0.2) is 29.6 Å². The Bertz CT molecular complexity index is 652. The van der Waals surface area contributed by atoms with Crippen molar-refractivity contribution < 1.29 is 9.18 Å². The Labute approximate surface area is 133 Å². The molecule has 1 aromatic heterocycles. The molecule has 22 heavy (non-hydrogen) atoms. The molecular weight excluding hydrogens is 301 g/mol. The van der Waals surface area contributed by atoms with Crippen molar-refractivity contribution in [2.24, 2.45) is 0 Å². The summed E-state index contributed by atoms with van der Waals surface area (Å²) in [6.07, 6.45) is 3.78. The summed E-state index contributed by atoms with van der Waals surface area (Å²) in [4.78, 5) is 18.8. The summed E-state index contributed by atoms with van der Waals surface area (Å²) < 4.78 is 13.6. The average Bonchev–Trinajstić information content (AvgIpc) is 2.95. The van der Waals surface area contributed by atoms with Crippen molar-refractivity contribution in [1.82, 2.24) is 9.88 Å². The van der Waals surface area contributed by atoms with Crippen LogP contribution in [0.3, 0.4) is 0 Å². The second-order valence-corrected chi connectivity index (χ2v) is 6.27. The summed E-state index contributed by atoms with van der Waals surface area (Å²) in [5.41, 5.74) is 0.992. The van der Waals surface area contributed by atoms with Crippen LogP contribution in [-0.2, 0) is 6.54 Å². The van der Waals surface area contributed by atoms with Crippen LogP contribution in [-0.4, -0.2) is 28.9 Å². The first-order valence-electron chi connectivity index (χ1n) is 7.45. The maximum atomic E-state index is 13.6. The summed E-state index contributed by atoms with van der Waals surface area (Å²) in [5, 5.41) is 5.13. The normalized spacial score (nSPS) is 15.7. The van der Waals surface area contributed by atoms with E-state index in [4.69, 9.17) is 0 Å². The molecule has 1 fully saturated rings. The summed E-state index contributed by atoms with van der Waals surface area (Å²) in [7, 11) is 0. The van der Waals surface area contributed by atoms with E-state index in [9.17, 15) is 9.18 Å². The van der Waals surface area contributed by atoms with Gasteiger partial charge in [-0.1, -0.05) is 18.6 Å². The van der Waals surface area contributed by atoms with Crippen molar-refractivity contribution in [3.05, 3.63) is 46.7 Å². The fraction of sp³-hybridized carbons (Fsp3) is 0.375. The zero-order valence-electron chi connectivity index (χ0n) is 12.2. The highest BCUT2D eigenvalue weighted by Crippen LogP contribution is 2.20. The lowest BCUT2D eigenvalue weighted by molar-refractivity contribution is 0.102. The second kappa shape index (κ2) is 6.98. The molecule has 0 unspecified atom stereocenters. The number of carbonyl (C=O) groups excluding carboxylic acids is 1. The van der Waals surface area contributed by atoms with Gasteiger partial charge in [-0.3, -0.25) is 15.0 Å². The molecule has 1 N–H and O–H groups in total. The number of rotatable bonds is 4. The van der Waals surface area contributed by atoms with Gasteiger partial charge >= 0.3 is 0 Å². The highest BCUT2D eigenvalue weighted by atomic mass is 32.1. The Hall–Kier alpha value is -1.79. The van der Waals surface area contributed by atoms with E-state index in [0.29, 0.717) is 5.13 Å². The number of hydrogen-bond donors (Lipinski definition) is 1. The van der Waals surface area contributed by atoms with E-state index >= 15 is 0 Å². The quantitative estimate of drug-likeness (QED) is 0.938. The molecule has 0 radical (unpaired) electrons. The van der Waals surface area contributed by atoms with E-state index in [1.165, 1.54) is 42.7 Å². The molecule has 116 valence electrons. The predicted molar refractivity (Wildman–Crippen MR) is 85.6 cm³/mol. The van der Waals surface area contributed by atoms with Crippen molar-refractivity contribution in [1.29, 1.82) is 0 Å². The highest BCUT2D eigenvalue weighted by Gasteiger charge is 2.15. The van der Waals surface area contributed by atoms with Gasteiger partial charge in [-0.2, -0.15) is 0 Å². The van der Waals surface area contributed by atoms with Crippen molar-refractivity contribution in [2.45, 2.75) is 25.8 Å². The molecule has 0 atom stereocenters. The number of anilines is 1. The van der Waals surface area contributed by atoms with Gasteiger partial charge in [-0.25, -0.2) is 9.37 Å². The molecule has 1 saturated heterocycles. The Morgan fingerprint density at radius 2 is 2.05 bits per heavy atom. The number of hydrogen-bond acceptors (Lipinski definition) is 4. The average molecular weight is 319 g/mol. The van der Waals surface area contributed by atoms with Gasteiger partial charge in [0.05, 0.1) is 11.3 Å². The van der Waals surface area contributed by atoms with Gasteiger partial charge in [0.15, 0.2) is 5.13 Å². The molecule has 3 rings (SSSR count). The third-order valence-corrected chi connectivity index (χ3v) is 4.53. The number of amides is 1. The van der Waals surface area contributed by atoms with Crippen molar-refractivity contribution in [3.63, 3.8) is 0 Å². The van der Waals surface area contributed by atoms with E-state index < -0.39 is 11.7 Å². The van der Waals surface area contributed by atoms with Crippen LogP contribution in [0, 0.1) is 5.82 Å². The molecule has 2 aromatic rings. The number of aromatic nitrogens is 1. The highest BCUT2D eigenvalue weighted by molar-refractivity contribution is 7.13. The van der Waals surface area contributed by atoms with E-state index in [1.807, 2.05) is 5.38 Å². The van der Waals surface area contributed by atoms with Gasteiger partial charge in [0.2, 0.25) is 0 Å². The lowest BCUT2D eigenvalue weighted by Crippen LogP contribution is -2.29. The first kappa shape index (κ1) is 15.1. The SMILES string of the molecule is O=C(Nc1nc(CN2CCCCC2)cs1)c1ccccc1F. The maximum Gasteiger partial charge on any atom is 0.260 e. The van der Waals surface area contributed by atoms with Crippen LogP contribution >= 0.6 is 11.3 Å². The Kier molecular flexibility index (Phi) is 4.80. The summed E-state index contributed by atoms with van der Waals surface area (Å²) in [6, 6.07) is 5.94. The Morgan fingerprint density at radius 1 is 1.27 bits per heavy atom. The van der Waals surface area contributed by atoms with Crippen LogP contribution in [0.5, 0.6) is 0 Å². The standard InChI is InChI=1S/C16H18FN3OS/c17-14-7-3-2-6-13(14)15(21)19-16-18-12(11-22-16)10-20-8-4-1-5-9-20/h2-3,6-7,11H,1,4-5,8-10H2,(H,18,19,21). The smallest absolute Gasteiger partial charge is 0.260 e. The molecule has 2 heterocycles.